The third kappa shape index (κ3) is 3.48. The van der Waals surface area contributed by atoms with Crippen molar-refractivity contribution in [3.63, 3.8) is 0 Å². The normalized spacial score (nSPS) is 16.5. The molecule has 1 heterocycles. The van der Waals surface area contributed by atoms with Gasteiger partial charge in [-0.05, 0) is 12.8 Å². The van der Waals surface area contributed by atoms with Gasteiger partial charge in [0, 0.05) is 6.04 Å². The van der Waals surface area contributed by atoms with Gasteiger partial charge in [-0.2, -0.15) is 0 Å². The van der Waals surface area contributed by atoms with Crippen LogP contribution >= 0.6 is 11.3 Å². The molecule has 1 fully saturated rings. The zero-order chi connectivity index (χ0) is 12.1. The van der Waals surface area contributed by atoms with Crippen molar-refractivity contribution in [1.82, 2.24) is 15.5 Å². The van der Waals surface area contributed by atoms with Crippen molar-refractivity contribution in [3.05, 3.63) is 5.51 Å². The summed E-state index contributed by atoms with van der Waals surface area (Å²) in [4.78, 5) is 23.1. The molecule has 1 saturated carbocycles. The molecule has 1 aromatic rings. The molecule has 0 spiro atoms. The summed E-state index contributed by atoms with van der Waals surface area (Å²) in [6, 6.07) is 0.136. The Hall–Kier alpha value is -1.50. The minimum Gasteiger partial charge on any atom is -0.345 e. The quantitative estimate of drug-likeness (QED) is 0.769. The average molecular weight is 254 g/mol. The first-order valence-electron chi connectivity index (χ1n) is 5.64. The predicted octanol–water partition coefficient (Wildman–Crippen LogP) is 0.925. The van der Waals surface area contributed by atoms with Crippen LogP contribution in [0, 0.1) is 0 Å². The molecule has 0 aliphatic heterocycles. The van der Waals surface area contributed by atoms with Crippen molar-refractivity contribution >= 4 is 28.3 Å². The summed E-state index contributed by atoms with van der Waals surface area (Å²) in [5.74, 6) is -1.26. The van der Waals surface area contributed by atoms with E-state index in [0.717, 1.165) is 25.7 Å². The number of carbonyl (C=O) groups excluding carboxylic acids is 2. The molecule has 7 heteroatoms. The molecular weight excluding hydrogens is 240 g/mol. The van der Waals surface area contributed by atoms with Crippen LogP contribution in [-0.4, -0.2) is 28.1 Å². The summed E-state index contributed by atoms with van der Waals surface area (Å²) in [5.41, 5.74) is 1.49. The third-order valence-electron chi connectivity index (χ3n) is 2.73. The maximum Gasteiger partial charge on any atom is 0.315 e. The fraction of sp³-hybridized carbons (Fsp3) is 0.600. The second kappa shape index (κ2) is 5.72. The van der Waals surface area contributed by atoms with Gasteiger partial charge in [-0.3, -0.25) is 14.9 Å². The van der Waals surface area contributed by atoms with Gasteiger partial charge in [-0.25, -0.2) is 0 Å². The van der Waals surface area contributed by atoms with E-state index in [1.54, 1.807) is 0 Å². The zero-order valence-electron chi connectivity index (χ0n) is 9.31. The van der Waals surface area contributed by atoms with Gasteiger partial charge in [0.15, 0.2) is 0 Å². The monoisotopic (exact) mass is 254 g/mol. The van der Waals surface area contributed by atoms with Gasteiger partial charge in [0.25, 0.3) is 0 Å². The summed E-state index contributed by atoms with van der Waals surface area (Å²) in [6.45, 7) is 0. The van der Waals surface area contributed by atoms with Gasteiger partial charge in [0.05, 0.1) is 0 Å². The predicted molar refractivity (Wildman–Crippen MR) is 63.6 cm³/mol. The van der Waals surface area contributed by atoms with Crippen LogP contribution in [0.4, 0.5) is 5.13 Å². The fourth-order valence-electron chi connectivity index (χ4n) is 1.88. The van der Waals surface area contributed by atoms with Gasteiger partial charge in [-0.15, -0.1) is 10.2 Å². The average Bonchev–Trinajstić information content (AvgIpc) is 2.83. The molecular formula is C10H14N4O2S. The molecule has 2 rings (SSSR count). The summed E-state index contributed by atoms with van der Waals surface area (Å²) in [7, 11) is 0. The molecule has 2 N–H and O–H groups in total. The first-order chi connectivity index (χ1) is 8.25. The maximum atomic E-state index is 11.6. The molecule has 1 aliphatic carbocycles. The Labute approximate surface area is 103 Å². The number of nitrogens with one attached hydrogen (secondary N) is 2. The molecule has 0 bridgehead atoms. The number of hydrogen-bond donors (Lipinski definition) is 2. The number of rotatable bonds is 2. The number of anilines is 1. The number of amides is 2. The first kappa shape index (κ1) is 12.0. The highest BCUT2D eigenvalue weighted by Gasteiger charge is 2.20. The van der Waals surface area contributed by atoms with Gasteiger partial charge in [0.1, 0.15) is 5.51 Å². The van der Waals surface area contributed by atoms with Crippen LogP contribution in [-0.2, 0) is 9.59 Å². The van der Waals surface area contributed by atoms with Gasteiger partial charge < -0.3 is 5.32 Å². The van der Waals surface area contributed by atoms with E-state index in [1.165, 1.54) is 23.3 Å². The summed E-state index contributed by atoms with van der Waals surface area (Å²) in [5, 5.41) is 12.7. The van der Waals surface area contributed by atoms with Gasteiger partial charge in [0.2, 0.25) is 5.13 Å². The van der Waals surface area contributed by atoms with E-state index in [0.29, 0.717) is 5.13 Å². The molecule has 0 atom stereocenters. The first-order valence-corrected chi connectivity index (χ1v) is 6.51. The largest absolute Gasteiger partial charge is 0.345 e. The molecule has 92 valence electrons. The van der Waals surface area contributed by atoms with Crippen LogP contribution in [0.1, 0.15) is 32.1 Å². The van der Waals surface area contributed by atoms with E-state index in [1.807, 2.05) is 0 Å². The topological polar surface area (TPSA) is 84.0 Å². The van der Waals surface area contributed by atoms with Crippen molar-refractivity contribution in [2.75, 3.05) is 5.32 Å². The van der Waals surface area contributed by atoms with E-state index < -0.39 is 11.8 Å². The Morgan fingerprint density at radius 1 is 1.24 bits per heavy atom. The van der Waals surface area contributed by atoms with E-state index in [-0.39, 0.29) is 6.04 Å². The molecule has 0 aromatic carbocycles. The minimum atomic E-state index is -0.674. The number of carbonyl (C=O) groups is 2. The van der Waals surface area contributed by atoms with E-state index >= 15 is 0 Å². The van der Waals surface area contributed by atoms with Crippen LogP contribution in [0.5, 0.6) is 0 Å². The molecule has 17 heavy (non-hydrogen) atoms. The lowest BCUT2D eigenvalue weighted by molar-refractivity contribution is -0.136. The molecule has 2 amide bonds. The third-order valence-corrected chi connectivity index (χ3v) is 3.33. The minimum absolute atomic E-state index is 0.136. The summed E-state index contributed by atoms with van der Waals surface area (Å²) >= 11 is 1.18. The Morgan fingerprint density at radius 2 is 2.00 bits per heavy atom. The highest BCUT2D eigenvalue weighted by Crippen LogP contribution is 2.17. The van der Waals surface area contributed by atoms with E-state index in [9.17, 15) is 9.59 Å². The molecule has 1 aliphatic rings. The van der Waals surface area contributed by atoms with Crippen molar-refractivity contribution in [3.8, 4) is 0 Å². The standard InChI is InChI=1S/C10H14N4O2S/c15-8(12-7-4-2-1-3-5-7)9(16)13-10-14-11-6-17-10/h6-7H,1-5H2,(H,12,15)(H,13,14,16). The second-order valence-electron chi connectivity index (χ2n) is 4.01. The fourth-order valence-corrected chi connectivity index (χ4v) is 2.32. The van der Waals surface area contributed by atoms with Crippen molar-refractivity contribution in [1.29, 1.82) is 0 Å². The SMILES string of the molecule is O=C(Nc1nncs1)C(=O)NC1CCCCC1. The molecule has 1 aromatic heterocycles. The van der Waals surface area contributed by atoms with Crippen LogP contribution in [0.3, 0.4) is 0 Å². The summed E-state index contributed by atoms with van der Waals surface area (Å²) in [6.07, 6.45) is 5.35. The van der Waals surface area contributed by atoms with Crippen LogP contribution in [0.15, 0.2) is 5.51 Å². The van der Waals surface area contributed by atoms with Crippen LogP contribution < -0.4 is 10.6 Å². The van der Waals surface area contributed by atoms with Crippen molar-refractivity contribution in [2.24, 2.45) is 0 Å². The number of aromatic nitrogens is 2. The lowest BCUT2D eigenvalue weighted by atomic mass is 9.95. The summed E-state index contributed by atoms with van der Waals surface area (Å²) < 4.78 is 0. The smallest absolute Gasteiger partial charge is 0.315 e. The van der Waals surface area contributed by atoms with E-state index in [4.69, 9.17) is 0 Å². The van der Waals surface area contributed by atoms with Crippen molar-refractivity contribution < 1.29 is 9.59 Å². The molecule has 6 nitrogen and oxygen atoms in total. The maximum absolute atomic E-state index is 11.6. The molecule has 0 unspecified atom stereocenters. The van der Waals surface area contributed by atoms with Crippen molar-refractivity contribution in [2.45, 2.75) is 38.1 Å². The van der Waals surface area contributed by atoms with Crippen LogP contribution in [0.2, 0.25) is 0 Å². The highest BCUT2D eigenvalue weighted by atomic mass is 32.1. The second-order valence-corrected chi connectivity index (χ2v) is 4.84. The number of hydrogen-bond acceptors (Lipinski definition) is 5. The Kier molecular flexibility index (Phi) is 4.03. The molecule has 0 radical (unpaired) electrons. The lowest BCUT2D eigenvalue weighted by Crippen LogP contribution is -2.42. The number of nitrogens with zero attached hydrogens (tertiary/aromatic N) is 2. The van der Waals surface area contributed by atoms with Crippen LogP contribution in [0.25, 0.3) is 0 Å². The van der Waals surface area contributed by atoms with E-state index in [2.05, 4.69) is 20.8 Å². The zero-order valence-corrected chi connectivity index (χ0v) is 10.1. The highest BCUT2D eigenvalue weighted by molar-refractivity contribution is 7.13. The Morgan fingerprint density at radius 3 is 2.65 bits per heavy atom. The lowest BCUT2D eigenvalue weighted by Gasteiger charge is -2.22. The Balaban J connectivity index is 1.80. The molecule has 0 saturated heterocycles. The van der Waals surface area contributed by atoms with Gasteiger partial charge in [-0.1, -0.05) is 30.6 Å². The van der Waals surface area contributed by atoms with Gasteiger partial charge >= 0.3 is 11.8 Å². The Bertz CT molecular complexity index is 387.